The van der Waals surface area contributed by atoms with Gasteiger partial charge in [-0.15, -0.1) is 0 Å². The Kier molecular flexibility index (Phi) is 7.50. The van der Waals surface area contributed by atoms with Crippen LogP contribution in [0.3, 0.4) is 0 Å². The van der Waals surface area contributed by atoms with Crippen LogP contribution in [0.4, 0.5) is 0 Å². The third kappa shape index (κ3) is 4.11. The summed E-state index contributed by atoms with van der Waals surface area (Å²) < 4.78 is 2.50. The van der Waals surface area contributed by atoms with Crippen LogP contribution < -0.4 is 4.98 Å². The van der Waals surface area contributed by atoms with Crippen LogP contribution >= 0.6 is 0 Å². The minimum absolute atomic E-state index is 1.12. The molecule has 14 heavy (non-hydrogen) atoms. The van der Waals surface area contributed by atoms with Crippen molar-refractivity contribution in [2.75, 3.05) is 20.6 Å². The Morgan fingerprint density at radius 1 is 1.00 bits per heavy atom. The van der Waals surface area contributed by atoms with Crippen molar-refractivity contribution in [1.82, 2.24) is 9.55 Å². The first kappa shape index (κ1) is 14.1. The molecule has 1 unspecified atom stereocenters. The van der Waals surface area contributed by atoms with Gasteiger partial charge < -0.3 is 9.55 Å². The van der Waals surface area contributed by atoms with E-state index in [0.29, 0.717) is 0 Å². The summed E-state index contributed by atoms with van der Waals surface area (Å²) in [4.78, 5) is 3.80. The van der Waals surface area contributed by atoms with E-state index < -0.39 is 8.40 Å². The number of nitrogens with one attached hydrogen (secondary N) is 1. The Labute approximate surface area is 91.2 Å². The predicted octanol–water partition coefficient (Wildman–Crippen LogP) is 2.81. The van der Waals surface area contributed by atoms with Gasteiger partial charge in [-0.2, -0.15) is 0 Å². The summed E-state index contributed by atoms with van der Waals surface area (Å²) in [7, 11) is 3.19. The van der Waals surface area contributed by atoms with E-state index in [2.05, 4.69) is 44.4 Å². The molecule has 1 N–H and O–H groups in total. The summed E-state index contributed by atoms with van der Waals surface area (Å²) >= 11 is 0. The van der Waals surface area contributed by atoms with Crippen LogP contribution in [0, 0.1) is 0 Å². The first-order valence-electron chi connectivity index (χ1n) is 6.05. The summed E-state index contributed by atoms with van der Waals surface area (Å²) in [5.41, 5.74) is 0. The molecule has 0 aliphatic rings. The van der Waals surface area contributed by atoms with Gasteiger partial charge in [0.2, 0.25) is 8.40 Å². The van der Waals surface area contributed by atoms with E-state index in [1.807, 2.05) is 0 Å². The molecule has 1 atom stereocenters. The molecule has 0 heterocycles. The van der Waals surface area contributed by atoms with Crippen molar-refractivity contribution in [1.29, 1.82) is 0 Å². The molecule has 3 heteroatoms. The van der Waals surface area contributed by atoms with Gasteiger partial charge in [-0.3, -0.25) is 0 Å². The quantitative estimate of drug-likeness (QED) is 0.628. The Morgan fingerprint density at radius 2 is 1.64 bits per heavy atom. The Bertz CT molecular complexity index is 131. The van der Waals surface area contributed by atoms with E-state index in [1.54, 1.807) is 0 Å². The zero-order chi connectivity index (χ0) is 11.0. The van der Waals surface area contributed by atoms with Gasteiger partial charge in [0.25, 0.3) is 0 Å². The maximum absolute atomic E-state index is 3.80. The third-order valence-electron chi connectivity index (χ3n) is 2.97. The van der Waals surface area contributed by atoms with Crippen LogP contribution in [0.5, 0.6) is 0 Å². The van der Waals surface area contributed by atoms with Crippen molar-refractivity contribution in [2.24, 2.45) is 0 Å². The fourth-order valence-electron chi connectivity index (χ4n) is 2.12. The number of hydrogen-bond acceptors (Lipinski definition) is 2. The van der Waals surface area contributed by atoms with Crippen molar-refractivity contribution in [3.8, 4) is 0 Å². The smallest absolute Gasteiger partial charge is 0.203 e. The molecule has 2 nitrogen and oxygen atoms in total. The SMILES string of the molecule is CCCC[Si](CCC)(NCC)N(C)C. The first-order chi connectivity index (χ1) is 6.63. The van der Waals surface area contributed by atoms with Gasteiger partial charge in [0, 0.05) is 0 Å². The van der Waals surface area contributed by atoms with E-state index in [9.17, 15) is 0 Å². The van der Waals surface area contributed by atoms with E-state index in [0.717, 1.165) is 6.54 Å². The highest BCUT2D eigenvalue weighted by Gasteiger charge is 2.33. The van der Waals surface area contributed by atoms with Crippen molar-refractivity contribution in [3.05, 3.63) is 0 Å². The molecule has 0 rings (SSSR count). The second kappa shape index (κ2) is 7.43. The molecular formula is C11H28N2Si. The molecule has 0 bridgehead atoms. The number of hydrogen-bond donors (Lipinski definition) is 1. The van der Waals surface area contributed by atoms with Crippen molar-refractivity contribution < 1.29 is 0 Å². The molecule has 0 aromatic heterocycles. The molecule has 0 amide bonds. The standard InChI is InChI=1S/C11H28N2Si/c1-6-9-11-14(10-7-2,12-8-3)13(4)5/h12H,6-11H2,1-5H3. The third-order valence-corrected chi connectivity index (χ3v) is 8.20. The summed E-state index contributed by atoms with van der Waals surface area (Å²) in [6.45, 7) is 7.93. The highest BCUT2D eigenvalue weighted by atomic mass is 28.3. The largest absolute Gasteiger partial charge is 0.325 e. The summed E-state index contributed by atoms with van der Waals surface area (Å²) in [6, 6.07) is 2.78. The molecule has 0 aliphatic heterocycles. The van der Waals surface area contributed by atoms with Crippen LogP contribution in [0.2, 0.25) is 12.1 Å². The van der Waals surface area contributed by atoms with Crippen molar-refractivity contribution in [3.63, 3.8) is 0 Å². The fraction of sp³-hybridized carbons (Fsp3) is 1.00. The molecular weight excluding hydrogens is 188 g/mol. The summed E-state index contributed by atoms with van der Waals surface area (Å²) in [5.74, 6) is 0. The van der Waals surface area contributed by atoms with Gasteiger partial charge in [0.15, 0.2) is 0 Å². The maximum atomic E-state index is 3.80. The molecule has 0 aromatic rings. The van der Waals surface area contributed by atoms with E-state index in [1.165, 1.54) is 31.4 Å². The Morgan fingerprint density at radius 3 is 2.00 bits per heavy atom. The zero-order valence-electron chi connectivity index (χ0n) is 10.7. The van der Waals surface area contributed by atoms with Crippen LogP contribution in [-0.2, 0) is 0 Å². The number of unbranched alkanes of at least 4 members (excludes halogenated alkanes) is 1. The second-order valence-electron chi connectivity index (χ2n) is 4.31. The molecule has 0 aliphatic carbocycles. The fourth-order valence-corrected chi connectivity index (χ4v) is 6.36. The Hall–Kier alpha value is 0.137. The highest BCUT2D eigenvalue weighted by Crippen LogP contribution is 2.19. The van der Waals surface area contributed by atoms with E-state index >= 15 is 0 Å². The van der Waals surface area contributed by atoms with Gasteiger partial charge in [-0.1, -0.05) is 40.0 Å². The molecule has 0 saturated carbocycles. The molecule has 86 valence electrons. The predicted molar refractivity (Wildman–Crippen MR) is 67.9 cm³/mol. The summed E-state index contributed by atoms with van der Waals surface area (Å²) in [5, 5.41) is 0. The lowest BCUT2D eigenvalue weighted by Gasteiger charge is -2.38. The molecule has 0 aromatic carbocycles. The lowest BCUT2D eigenvalue weighted by molar-refractivity contribution is 0.563. The van der Waals surface area contributed by atoms with Crippen molar-refractivity contribution in [2.45, 2.75) is 52.1 Å². The molecule has 0 fully saturated rings. The summed E-state index contributed by atoms with van der Waals surface area (Å²) in [6.07, 6.45) is 4.00. The van der Waals surface area contributed by atoms with Gasteiger partial charge in [0.1, 0.15) is 0 Å². The van der Waals surface area contributed by atoms with Crippen LogP contribution in [-0.4, -0.2) is 33.6 Å². The van der Waals surface area contributed by atoms with Gasteiger partial charge in [-0.25, -0.2) is 0 Å². The molecule has 0 radical (unpaired) electrons. The van der Waals surface area contributed by atoms with Crippen LogP contribution in [0.15, 0.2) is 0 Å². The maximum Gasteiger partial charge on any atom is 0.203 e. The van der Waals surface area contributed by atoms with Gasteiger partial charge in [0.05, 0.1) is 0 Å². The van der Waals surface area contributed by atoms with E-state index in [4.69, 9.17) is 0 Å². The van der Waals surface area contributed by atoms with Crippen LogP contribution in [0.1, 0.15) is 40.0 Å². The van der Waals surface area contributed by atoms with Gasteiger partial charge >= 0.3 is 0 Å². The average molecular weight is 216 g/mol. The topological polar surface area (TPSA) is 15.3 Å². The number of nitrogens with zero attached hydrogens (tertiary/aromatic N) is 1. The van der Waals surface area contributed by atoms with Gasteiger partial charge in [-0.05, 0) is 32.7 Å². The lowest BCUT2D eigenvalue weighted by Crippen LogP contribution is -2.61. The first-order valence-corrected chi connectivity index (χ1v) is 8.41. The minimum atomic E-state index is -1.31. The zero-order valence-corrected chi connectivity index (χ0v) is 11.7. The normalized spacial score (nSPS) is 15.9. The molecule has 0 saturated heterocycles. The Balaban J connectivity index is 4.38. The van der Waals surface area contributed by atoms with Crippen molar-refractivity contribution >= 4 is 8.40 Å². The van der Waals surface area contributed by atoms with Crippen LogP contribution in [0.25, 0.3) is 0 Å². The monoisotopic (exact) mass is 216 g/mol. The number of rotatable bonds is 8. The average Bonchev–Trinajstić information content (AvgIpc) is 2.14. The second-order valence-corrected chi connectivity index (χ2v) is 8.62. The highest BCUT2D eigenvalue weighted by molar-refractivity contribution is 6.74. The minimum Gasteiger partial charge on any atom is -0.325 e. The van der Waals surface area contributed by atoms with E-state index in [-0.39, 0.29) is 0 Å². The lowest BCUT2D eigenvalue weighted by atomic mass is 10.4. The molecule has 0 spiro atoms.